The first-order valence-electron chi connectivity index (χ1n) is 7.41. The molecule has 0 bridgehead atoms. The van der Waals surface area contributed by atoms with Gasteiger partial charge in [0, 0.05) is 6.04 Å². The summed E-state index contributed by atoms with van der Waals surface area (Å²) in [6.45, 7) is 4.44. The standard InChI is InChI=1S/C18H24N2/c1-3-14(4-2)18(20-19)17-12-10-16(11-13-17)15-8-6-5-7-9-15/h5-14,18,20H,3-4,19H2,1-2H3. The lowest BCUT2D eigenvalue weighted by molar-refractivity contribution is 0.345. The third-order valence-corrected chi connectivity index (χ3v) is 4.08. The van der Waals surface area contributed by atoms with Crippen molar-refractivity contribution in [2.45, 2.75) is 32.7 Å². The van der Waals surface area contributed by atoms with Gasteiger partial charge >= 0.3 is 0 Å². The Morgan fingerprint density at radius 2 is 1.40 bits per heavy atom. The van der Waals surface area contributed by atoms with Gasteiger partial charge in [-0.3, -0.25) is 11.3 Å². The molecule has 2 nitrogen and oxygen atoms in total. The summed E-state index contributed by atoms with van der Waals surface area (Å²) < 4.78 is 0. The predicted molar refractivity (Wildman–Crippen MR) is 86.0 cm³/mol. The van der Waals surface area contributed by atoms with Crippen LogP contribution in [0.3, 0.4) is 0 Å². The van der Waals surface area contributed by atoms with Crippen LogP contribution in [0.15, 0.2) is 54.6 Å². The first-order valence-corrected chi connectivity index (χ1v) is 7.41. The molecule has 0 saturated heterocycles. The van der Waals surface area contributed by atoms with Crippen LogP contribution < -0.4 is 11.3 Å². The molecule has 0 spiro atoms. The molecule has 3 N–H and O–H groups in total. The van der Waals surface area contributed by atoms with Crippen LogP contribution in [0.4, 0.5) is 0 Å². The predicted octanol–water partition coefficient (Wildman–Crippen LogP) is 4.29. The summed E-state index contributed by atoms with van der Waals surface area (Å²) in [7, 11) is 0. The Morgan fingerprint density at radius 1 is 0.850 bits per heavy atom. The van der Waals surface area contributed by atoms with Gasteiger partial charge in [0.25, 0.3) is 0 Å². The Labute approximate surface area is 122 Å². The number of hydrogen-bond acceptors (Lipinski definition) is 2. The minimum atomic E-state index is 0.231. The molecule has 2 rings (SSSR count). The Hall–Kier alpha value is -1.64. The maximum Gasteiger partial charge on any atom is 0.0487 e. The molecule has 0 amide bonds. The third-order valence-electron chi connectivity index (χ3n) is 4.08. The summed E-state index contributed by atoms with van der Waals surface area (Å²) in [6, 6.07) is 19.4. The van der Waals surface area contributed by atoms with Gasteiger partial charge in [-0.1, -0.05) is 81.3 Å². The van der Waals surface area contributed by atoms with E-state index in [9.17, 15) is 0 Å². The maximum atomic E-state index is 5.76. The lowest BCUT2D eigenvalue weighted by Gasteiger charge is -2.25. The molecule has 0 radical (unpaired) electrons. The van der Waals surface area contributed by atoms with Crippen molar-refractivity contribution in [2.75, 3.05) is 0 Å². The summed E-state index contributed by atoms with van der Waals surface area (Å²) in [5.74, 6) is 6.33. The quantitative estimate of drug-likeness (QED) is 0.605. The zero-order valence-corrected chi connectivity index (χ0v) is 12.3. The van der Waals surface area contributed by atoms with Crippen LogP contribution in [-0.2, 0) is 0 Å². The largest absolute Gasteiger partial charge is 0.271 e. The number of nitrogens with one attached hydrogen (secondary N) is 1. The van der Waals surface area contributed by atoms with Gasteiger partial charge in [-0.2, -0.15) is 0 Å². The lowest BCUT2D eigenvalue weighted by Crippen LogP contribution is -2.33. The van der Waals surface area contributed by atoms with Crippen LogP contribution in [0.5, 0.6) is 0 Å². The van der Waals surface area contributed by atoms with Crippen molar-refractivity contribution in [3.8, 4) is 11.1 Å². The highest BCUT2D eigenvalue weighted by Gasteiger charge is 2.18. The van der Waals surface area contributed by atoms with Crippen molar-refractivity contribution in [2.24, 2.45) is 11.8 Å². The fourth-order valence-corrected chi connectivity index (χ4v) is 2.78. The second-order valence-corrected chi connectivity index (χ2v) is 5.21. The van der Waals surface area contributed by atoms with Gasteiger partial charge < -0.3 is 0 Å². The molecular formula is C18H24N2. The molecular weight excluding hydrogens is 244 g/mol. The average Bonchev–Trinajstić information content (AvgIpc) is 2.53. The highest BCUT2D eigenvalue weighted by atomic mass is 15.2. The first kappa shape index (κ1) is 14.8. The van der Waals surface area contributed by atoms with Gasteiger partial charge in [0.15, 0.2) is 0 Å². The second kappa shape index (κ2) is 7.22. The van der Waals surface area contributed by atoms with Gasteiger partial charge in [-0.25, -0.2) is 0 Å². The molecule has 0 heterocycles. The minimum Gasteiger partial charge on any atom is -0.271 e. The van der Waals surface area contributed by atoms with E-state index in [-0.39, 0.29) is 6.04 Å². The van der Waals surface area contributed by atoms with Gasteiger partial charge in [0.2, 0.25) is 0 Å². The molecule has 0 aliphatic heterocycles. The monoisotopic (exact) mass is 268 g/mol. The summed E-state index contributed by atoms with van der Waals surface area (Å²) >= 11 is 0. The summed E-state index contributed by atoms with van der Waals surface area (Å²) in [5.41, 5.74) is 6.74. The van der Waals surface area contributed by atoms with E-state index in [1.165, 1.54) is 16.7 Å². The van der Waals surface area contributed by atoms with Crippen LogP contribution in [-0.4, -0.2) is 0 Å². The zero-order chi connectivity index (χ0) is 14.4. The summed E-state index contributed by atoms with van der Waals surface area (Å²) in [5, 5.41) is 0. The van der Waals surface area contributed by atoms with E-state index in [2.05, 4.69) is 67.8 Å². The molecule has 106 valence electrons. The Kier molecular flexibility index (Phi) is 5.33. The Morgan fingerprint density at radius 3 is 1.90 bits per heavy atom. The first-order chi connectivity index (χ1) is 9.80. The molecule has 0 aromatic heterocycles. The fourth-order valence-electron chi connectivity index (χ4n) is 2.78. The molecule has 1 atom stereocenters. The number of hydrazine groups is 1. The van der Waals surface area contributed by atoms with E-state index in [0.717, 1.165) is 12.8 Å². The van der Waals surface area contributed by atoms with E-state index in [4.69, 9.17) is 5.84 Å². The SMILES string of the molecule is CCC(CC)C(NN)c1ccc(-c2ccccc2)cc1. The van der Waals surface area contributed by atoms with Gasteiger partial charge in [0.1, 0.15) is 0 Å². The molecule has 20 heavy (non-hydrogen) atoms. The van der Waals surface area contributed by atoms with Gasteiger partial charge in [-0.05, 0) is 22.6 Å². The van der Waals surface area contributed by atoms with E-state index in [1.54, 1.807) is 0 Å². The van der Waals surface area contributed by atoms with E-state index >= 15 is 0 Å². The van der Waals surface area contributed by atoms with Gasteiger partial charge in [-0.15, -0.1) is 0 Å². The van der Waals surface area contributed by atoms with E-state index in [0.29, 0.717) is 5.92 Å². The summed E-state index contributed by atoms with van der Waals surface area (Å²) in [4.78, 5) is 0. The van der Waals surface area contributed by atoms with Crippen molar-refractivity contribution in [3.63, 3.8) is 0 Å². The highest BCUT2D eigenvalue weighted by Crippen LogP contribution is 2.28. The van der Waals surface area contributed by atoms with E-state index in [1.807, 2.05) is 6.07 Å². The van der Waals surface area contributed by atoms with Crippen LogP contribution in [0.1, 0.15) is 38.3 Å². The number of rotatable bonds is 6. The Bertz CT molecular complexity index is 501. The lowest BCUT2D eigenvalue weighted by atomic mass is 9.88. The number of hydrogen-bond donors (Lipinski definition) is 2. The van der Waals surface area contributed by atoms with Crippen molar-refractivity contribution in [3.05, 3.63) is 60.2 Å². The molecule has 0 aliphatic carbocycles. The number of benzene rings is 2. The maximum absolute atomic E-state index is 5.76. The van der Waals surface area contributed by atoms with Crippen molar-refractivity contribution < 1.29 is 0 Å². The average molecular weight is 268 g/mol. The highest BCUT2D eigenvalue weighted by molar-refractivity contribution is 5.63. The summed E-state index contributed by atoms with van der Waals surface area (Å²) in [6.07, 6.45) is 2.26. The topological polar surface area (TPSA) is 38.0 Å². The van der Waals surface area contributed by atoms with Crippen molar-refractivity contribution in [1.82, 2.24) is 5.43 Å². The molecule has 0 aliphatic rings. The van der Waals surface area contributed by atoms with Crippen molar-refractivity contribution in [1.29, 1.82) is 0 Å². The van der Waals surface area contributed by atoms with E-state index < -0.39 is 0 Å². The second-order valence-electron chi connectivity index (χ2n) is 5.21. The smallest absolute Gasteiger partial charge is 0.0487 e. The van der Waals surface area contributed by atoms with Crippen molar-refractivity contribution >= 4 is 0 Å². The molecule has 2 aromatic carbocycles. The zero-order valence-electron chi connectivity index (χ0n) is 12.3. The molecule has 0 fully saturated rings. The molecule has 2 aromatic rings. The number of nitrogens with two attached hydrogens (primary N) is 1. The van der Waals surface area contributed by atoms with Crippen LogP contribution in [0, 0.1) is 5.92 Å². The molecule has 1 unspecified atom stereocenters. The van der Waals surface area contributed by atoms with Crippen LogP contribution >= 0.6 is 0 Å². The normalized spacial score (nSPS) is 12.6. The third kappa shape index (κ3) is 3.27. The van der Waals surface area contributed by atoms with Gasteiger partial charge in [0.05, 0.1) is 0 Å². The van der Waals surface area contributed by atoms with Crippen LogP contribution in [0.25, 0.3) is 11.1 Å². The molecule has 2 heteroatoms. The minimum absolute atomic E-state index is 0.231. The fraction of sp³-hybridized carbons (Fsp3) is 0.333. The Balaban J connectivity index is 2.23. The van der Waals surface area contributed by atoms with Crippen LogP contribution in [0.2, 0.25) is 0 Å². The molecule has 0 saturated carbocycles.